The van der Waals surface area contributed by atoms with Crippen LogP contribution in [0.1, 0.15) is 25.7 Å². The number of fused-ring (bicyclic) bond motifs is 2. The molecule has 2 aliphatic carbocycles. The van der Waals surface area contributed by atoms with Crippen LogP contribution in [0.15, 0.2) is 0 Å². The fraction of sp³-hybridized carbons (Fsp3) is 0.875. The molecule has 0 aliphatic heterocycles. The van der Waals surface area contributed by atoms with Gasteiger partial charge in [0.05, 0.1) is 0 Å². The maximum atomic E-state index is 10.3. The number of carbonyl (C=O) groups is 1. The van der Waals surface area contributed by atoms with Crippen LogP contribution in [0.25, 0.3) is 0 Å². The Labute approximate surface area is 65.8 Å². The van der Waals surface area contributed by atoms with Gasteiger partial charge in [-0.3, -0.25) is 0 Å². The molecule has 2 fully saturated rings. The third-order valence-corrected chi connectivity index (χ3v) is 3.05. The minimum Gasteiger partial charge on any atom is -0.465 e. The van der Waals surface area contributed by atoms with Gasteiger partial charge in [0.1, 0.15) is 0 Å². The molecule has 1 amide bonds. The molecule has 2 aliphatic rings. The Morgan fingerprint density at radius 2 is 2.18 bits per heavy atom. The molecule has 0 saturated heterocycles. The first-order valence-electron chi connectivity index (χ1n) is 4.25. The second-order valence-electron chi connectivity index (χ2n) is 3.73. The van der Waals surface area contributed by atoms with Crippen molar-refractivity contribution in [2.45, 2.75) is 31.7 Å². The van der Waals surface area contributed by atoms with Crippen molar-refractivity contribution < 1.29 is 9.90 Å². The molecular formula is C8H13NO2. The molecule has 0 spiro atoms. The van der Waals surface area contributed by atoms with Crippen molar-refractivity contribution >= 4 is 6.09 Å². The first-order chi connectivity index (χ1) is 5.25. The molecule has 0 aromatic carbocycles. The highest BCUT2D eigenvalue weighted by molar-refractivity contribution is 5.65. The number of hydrogen-bond acceptors (Lipinski definition) is 1. The molecule has 0 radical (unpaired) electrons. The van der Waals surface area contributed by atoms with Crippen LogP contribution in [-0.4, -0.2) is 17.2 Å². The van der Waals surface area contributed by atoms with Crippen molar-refractivity contribution in [3.63, 3.8) is 0 Å². The van der Waals surface area contributed by atoms with Crippen molar-refractivity contribution in [2.24, 2.45) is 11.8 Å². The van der Waals surface area contributed by atoms with Gasteiger partial charge in [-0.25, -0.2) is 4.79 Å². The summed E-state index contributed by atoms with van der Waals surface area (Å²) in [5.41, 5.74) is 0. The Kier molecular flexibility index (Phi) is 1.51. The second-order valence-corrected chi connectivity index (χ2v) is 3.73. The Morgan fingerprint density at radius 1 is 1.36 bits per heavy atom. The summed E-state index contributed by atoms with van der Waals surface area (Å²) in [5.74, 6) is 1.47. The van der Waals surface area contributed by atoms with Crippen LogP contribution in [0.2, 0.25) is 0 Å². The normalized spacial score (nSPS) is 40.9. The van der Waals surface area contributed by atoms with Crippen LogP contribution in [-0.2, 0) is 0 Å². The van der Waals surface area contributed by atoms with Crippen molar-refractivity contribution in [1.82, 2.24) is 5.32 Å². The molecule has 2 bridgehead atoms. The van der Waals surface area contributed by atoms with E-state index < -0.39 is 6.09 Å². The highest BCUT2D eigenvalue weighted by atomic mass is 16.4. The Morgan fingerprint density at radius 3 is 2.64 bits per heavy atom. The van der Waals surface area contributed by atoms with Crippen molar-refractivity contribution in [3.05, 3.63) is 0 Å². The molecule has 2 rings (SSSR count). The summed E-state index contributed by atoms with van der Waals surface area (Å²) in [7, 11) is 0. The fourth-order valence-corrected chi connectivity index (χ4v) is 2.58. The minimum absolute atomic E-state index is 0.270. The summed E-state index contributed by atoms with van der Waals surface area (Å²) >= 11 is 0. The van der Waals surface area contributed by atoms with Gasteiger partial charge in [-0.15, -0.1) is 0 Å². The topological polar surface area (TPSA) is 49.3 Å². The van der Waals surface area contributed by atoms with E-state index in [0.29, 0.717) is 5.92 Å². The zero-order valence-corrected chi connectivity index (χ0v) is 6.42. The van der Waals surface area contributed by atoms with Crippen molar-refractivity contribution in [2.75, 3.05) is 0 Å². The predicted molar refractivity (Wildman–Crippen MR) is 40.4 cm³/mol. The van der Waals surface area contributed by atoms with Crippen molar-refractivity contribution in [1.29, 1.82) is 0 Å². The van der Waals surface area contributed by atoms with E-state index in [1.54, 1.807) is 0 Å². The van der Waals surface area contributed by atoms with Crippen LogP contribution in [0.4, 0.5) is 4.79 Å². The number of carboxylic acid groups (broad SMARTS) is 1. The molecule has 0 aromatic heterocycles. The molecule has 2 saturated carbocycles. The third-order valence-electron chi connectivity index (χ3n) is 3.05. The molecule has 11 heavy (non-hydrogen) atoms. The maximum Gasteiger partial charge on any atom is 0.404 e. The van der Waals surface area contributed by atoms with Crippen LogP contribution >= 0.6 is 0 Å². The van der Waals surface area contributed by atoms with Gasteiger partial charge in [-0.2, -0.15) is 0 Å². The quantitative estimate of drug-likeness (QED) is 0.602. The largest absolute Gasteiger partial charge is 0.465 e. The highest BCUT2D eigenvalue weighted by Crippen LogP contribution is 2.44. The molecule has 2 N–H and O–H groups in total. The smallest absolute Gasteiger partial charge is 0.404 e. The van der Waals surface area contributed by atoms with Gasteiger partial charge in [0, 0.05) is 6.04 Å². The van der Waals surface area contributed by atoms with Gasteiger partial charge >= 0.3 is 6.09 Å². The lowest BCUT2D eigenvalue weighted by molar-refractivity contribution is 0.184. The summed E-state index contributed by atoms with van der Waals surface area (Å²) in [4.78, 5) is 10.3. The Balaban J connectivity index is 1.92. The van der Waals surface area contributed by atoms with Crippen LogP contribution < -0.4 is 5.32 Å². The van der Waals surface area contributed by atoms with E-state index in [1.165, 1.54) is 19.3 Å². The maximum absolute atomic E-state index is 10.3. The first kappa shape index (κ1) is 6.95. The van der Waals surface area contributed by atoms with Gasteiger partial charge in [0.2, 0.25) is 0 Å². The molecule has 3 atom stereocenters. The van der Waals surface area contributed by atoms with Gasteiger partial charge < -0.3 is 10.4 Å². The van der Waals surface area contributed by atoms with Gasteiger partial charge in [0.15, 0.2) is 0 Å². The lowest BCUT2D eigenvalue weighted by Crippen LogP contribution is -2.37. The zero-order chi connectivity index (χ0) is 7.84. The van der Waals surface area contributed by atoms with E-state index in [2.05, 4.69) is 5.32 Å². The molecule has 0 heterocycles. The SMILES string of the molecule is O=C(O)N[C@@H]1CC2CCC1C2. The molecule has 62 valence electrons. The predicted octanol–water partition coefficient (Wildman–Crippen LogP) is 1.44. The summed E-state index contributed by atoms with van der Waals surface area (Å²) in [6, 6.07) is 0.270. The van der Waals surface area contributed by atoms with Gasteiger partial charge in [-0.1, -0.05) is 6.42 Å². The summed E-state index contributed by atoms with van der Waals surface area (Å²) in [6.07, 6.45) is 4.03. The van der Waals surface area contributed by atoms with Crippen LogP contribution in [0, 0.1) is 11.8 Å². The summed E-state index contributed by atoms with van der Waals surface area (Å²) < 4.78 is 0. The average Bonchev–Trinajstić information content (AvgIpc) is 2.45. The molecular weight excluding hydrogens is 142 g/mol. The minimum atomic E-state index is -0.859. The van der Waals surface area contributed by atoms with Crippen LogP contribution in [0.5, 0.6) is 0 Å². The number of amides is 1. The number of nitrogens with one attached hydrogen (secondary N) is 1. The summed E-state index contributed by atoms with van der Waals surface area (Å²) in [6.45, 7) is 0. The van der Waals surface area contributed by atoms with E-state index in [-0.39, 0.29) is 6.04 Å². The lowest BCUT2D eigenvalue weighted by atomic mass is 9.96. The van der Waals surface area contributed by atoms with E-state index in [9.17, 15) is 4.79 Å². The monoisotopic (exact) mass is 155 g/mol. The fourth-order valence-electron chi connectivity index (χ4n) is 2.58. The third kappa shape index (κ3) is 1.19. The Bertz CT molecular complexity index is 181. The lowest BCUT2D eigenvalue weighted by Gasteiger charge is -2.20. The van der Waals surface area contributed by atoms with Gasteiger partial charge in [-0.05, 0) is 31.1 Å². The molecule has 3 nitrogen and oxygen atoms in total. The first-order valence-corrected chi connectivity index (χ1v) is 4.25. The standard InChI is InChI=1S/C8H13NO2/c10-8(11)9-7-4-5-1-2-6(7)3-5/h5-7,9H,1-4H2,(H,10,11)/t5?,6?,7-/m1/s1. The highest BCUT2D eigenvalue weighted by Gasteiger charge is 2.39. The molecule has 0 aromatic rings. The van der Waals surface area contributed by atoms with E-state index in [4.69, 9.17) is 5.11 Å². The van der Waals surface area contributed by atoms with E-state index in [0.717, 1.165) is 12.3 Å². The average molecular weight is 155 g/mol. The van der Waals surface area contributed by atoms with Crippen molar-refractivity contribution in [3.8, 4) is 0 Å². The van der Waals surface area contributed by atoms with Gasteiger partial charge in [0.25, 0.3) is 0 Å². The molecule has 2 unspecified atom stereocenters. The summed E-state index contributed by atoms with van der Waals surface area (Å²) in [5, 5.41) is 11.1. The number of hydrogen-bond donors (Lipinski definition) is 2. The van der Waals surface area contributed by atoms with E-state index in [1.807, 2.05) is 0 Å². The second kappa shape index (κ2) is 2.40. The number of rotatable bonds is 1. The molecule has 3 heteroatoms. The Hall–Kier alpha value is -0.730. The zero-order valence-electron chi connectivity index (χ0n) is 6.42. The van der Waals surface area contributed by atoms with Crippen LogP contribution in [0.3, 0.4) is 0 Å². The van der Waals surface area contributed by atoms with E-state index >= 15 is 0 Å².